The maximum absolute atomic E-state index is 14.3. The highest BCUT2D eigenvalue weighted by molar-refractivity contribution is 5.95. The van der Waals surface area contributed by atoms with Crippen LogP contribution in [0.5, 0.6) is 5.75 Å². The van der Waals surface area contributed by atoms with Crippen molar-refractivity contribution in [2.45, 2.75) is 18.8 Å². The second-order valence-corrected chi connectivity index (χ2v) is 6.68. The van der Waals surface area contributed by atoms with Gasteiger partial charge in [-0.3, -0.25) is 9.59 Å². The van der Waals surface area contributed by atoms with Crippen LogP contribution in [0.15, 0.2) is 24.3 Å². The summed E-state index contributed by atoms with van der Waals surface area (Å²) in [5.74, 6) is -3.40. The minimum Gasteiger partial charge on any atom is -0.497 e. The van der Waals surface area contributed by atoms with Crippen molar-refractivity contribution in [1.29, 1.82) is 0 Å². The third kappa shape index (κ3) is 2.83. The summed E-state index contributed by atoms with van der Waals surface area (Å²) in [6.45, 7) is -0.195. The van der Waals surface area contributed by atoms with Crippen LogP contribution in [0.4, 0.5) is 8.78 Å². The molecule has 3 rings (SSSR count). The first-order valence-corrected chi connectivity index (χ1v) is 7.83. The van der Waals surface area contributed by atoms with Gasteiger partial charge >= 0.3 is 0 Å². The third-order valence-corrected chi connectivity index (χ3v) is 4.84. The number of carbonyl (C=O) groups is 2. The van der Waals surface area contributed by atoms with Crippen molar-refractivity contribution >= 4 is 11.8 Å². The zero-order valence-corrected chi connectivity index (χ0v) is 13.7. The summed E-state index contributed by atoms with van der Waals surface area (Å²) >= 11 is 0. The molecule has 2 aliphatic rings. The molecule has 24 heavy (non-hydrogen) atoms. The first-order chi connectivity index (χ1) is 11.3. The van der Waals surface area contributed by atoms with Gasteiger partial charge in [0.15, 0.2) is 0 Å². The molecular formula is C17H20F2N2O3. The molecule has 2 fully saturated rings. The van der Waals surface area contributed by atoms with Crippen LogP contribution in [-0.4, -0.2) is 61.3 Å². The molecule has 5 nitrogen and oxygen atoms in total. The fourth-order valence-electron chi connectivity index (χ4n) is 3.70. The standard InChI is InChI=1S/C17H20F2N2O3/c1-20-7-6-16(15(20)23)9-17(18,19)11-21(10-16)14(22)12-4-3-5-13(8-12)24-2/h3-5,8H,6-7,9-11H2,1-2H3/t16-/m0/s1. The van der Waals surface area contributed by atoms with E-state index >= 15 is 0 Å². The third-order valence-electron chi connectivity index (χ3n) is 4.84. The summed E-state index contributed by atoms with van der Waals surface area (Å²) in [5.41, 5.74) is -0.897. The van der Waals surface area contributed by atoms with Gasteiger partial charge in [0.2, 0.25) is 5.91 Å². The SMILES string of the molecule is COc1cccc(C(=O)N2CC(F)(F)C[C@@]3(CCN(C)C3=O)C2)c1. The highest BCUT2D eigenvalue weighted by Gasteiger charge is 2.57. The Balaban J connectivity index is 1.89. The number of piperidine rings is 1. The minimum absolute atomic E-state index is 0.0296. The van der Waals surface area contributed by atoms with E-state index in [1.165, 1.54) is 18.1 Å². The van der Waals surface area contributed by atoms with E-state index in [0.29, 0.717) is 18.7 Å². The number of nitrogens with zero attached hydrogens (tertiary/aromatic N) is 2. The second kappa shape index (κ2) is 5.72. The van der Waals surface area contributed by atoms with Gasteiger partial charge < -0.3 is 14.5 Å². The molecule has 130 valence electrons. The van der Waals surface area contributed by atoms with Crippen molar-refractivity contribution in [1.82, 2.24) is 9.80 Å². The zero-order valence-electron chi connectivity index (χ0n) is 13.7. The Hall–Kier alpha value is -2.18. The van der Waals surface area contributed by atoms with Gasteiger partial charge in [-0.25, -0.2) is 8.78 Å². The largest absolute Gasteiger partial charge is 0.497 e. The van der Waals surface area contributed by atoms with Crippen LogP contribution in [0.3, 0.4) is 0 Å². The van der Waals surface area contributed by atoms with Gasteiger partial charge in [0.05, 0.1) is 19.1 Å². The Bertz CT molecular complexity index is 680. The summed E-state index contributed by atoms with van der Waals surface area (Å²) in [6.07, 6.45) is -0.148. The van der Waals surface area contributed by atoms with Crippen LogP contribution in [0, 0.1) is 5.41 Å². The van der Waals surface area contributed by atoms with Crippen LogP contribution in [0.25, 0.3) is 0 Å². The fraction of sp³-hybridized carbons (Fsp3) is 0.529. The summed E-state index contributed by atoms with van der Waals surface area (Å²) in [5, 5.41) is 0. The van der Waals surface area contributed by atoms with Gasteiger partial charge in [-0.05, 0) is 24.6 Å². The van der Waals surface area contributed by atoms with E-state index in [9.17, 15) is 18.4 Å². The van der Waals surface area contributed by atoms with Crippen LogP contribution < -0.4 is 4.74 Å². The Morgan fingerprint density at radius 1 is 1.29 bits per heavy atom. The molecule has 2 aliphatic heterocycles. The lowest BCUT2D eigenvalue weighted by Crippen LogP contribution is -2.56. The summed E-state index contributed by atoms with van der Waals surface area (Å²) in [7, 11) is 3.08. The average Bonchev–Trinajstić information content (AvgIpc) is 2.81. The molecule has 1 aromatic rings. The summed E-state index contributed by atoms with van der Waals surface area (Å²) < 4.78 is 33.6. The highest BCUT2D eigenvalue weighted by Crippen LogP contribution is 2.45. The lowest BCUT2D eigenvalue weighted by atomic mass is 9.76. The summed E-state index contributed by atoms with van der Waals surface area (Å²) in [6, 6.07) is 6.40. The van der Waals surface area contributed by atoms with Crippen LogP contribution >= 0.6 is 0 Å². The molecule has 0 aromatic heterocycles. The number of methoxy groups -OCH3 is 1. The number of benzene rings is 1. The van der Waals surface area contributed by atoms with E-state index in [1.807, 2.05) is 0 Å². The van der Waals surface area contributed by atoms with Crippen LogP contribution in [0.1, 0.15) is 23.2 Å². The zero-order chi connectivity index (χ0) is 17.5. The number of carbonyl (C=O) groups excluding carboxylic acids is 2. The number of hydrogen-bond acceptors (Lipinski definition) is 3. The van der Waals surface area contributed by atoms with Crippen molar-refractivity contribution in [3.05, 3.63) is 29.8 Å². The van der Waals surface area contributed by atoms with E-state index < -0.39 is 30.2 Å². The van der Waals surface area contributed by atoms with Gasteiger partial charge in [0, 0.05) is 32.1 Å². The smallest absolute Gasteiger partial charge is 0.266 e. The highest BCUT2D eigenvalue weighted by atomic mass is 19.3. The Morgan fingerprint density at radius 2 is 2.04 bits per heavy atom. The number of amides is 2. The first-order valence-electron chi connectivity index (χ1n) is 7.83. The molecule has 0 radical (unpaired) electrons. The van der Waals surface area contributed by atoms with Crippen molar-refractivity contribution in [3.8, 4) is 5.75 Å². The van der Waals surface area contributed by atoms with E-state index in [1.54, 1.807) is 25.2 Å². The van der Waals surface area contributed by atoms with Gasteiger partial charge in [-0.15, -0.1) is 0 Å². The van der Waals surface area contributed by atoms with Crippen LogP contribution in [-0.2, 0) is 4.79 Å². The number of halogens is 2. The molecule has 0 unspecified atom stereocenters. The van der Waals surface area contributed by atoms with Gasteiger partial charge in [-0.2, -0.15) is 0 Å². The van der Waals surface area contributed by atoms with Gasteiger partial charge in [0.1, 0.15) is 5.75 Å². The molecule has 1 spiro atoms. The summed E-state index contributed by atoms with van der Waals surface area (Å²) in [4.78, 5) is 27.7. The van der Waals surface area contributed by atoms with Crippen LogP contribution in [0.2, 0.25) is 0 Å². The lowest BCUT2D eigenvalue weighted by molar-refractivity contribution is -0.150. The molecule has 1 aromatic carbocycles. The molecule has 0 N–H and O–H groups in total. The molecule has 2 saturated heterocycles. The van der Waals surface area contributed by atoms with Crippen molar-refractivity contribution in [2.75, 3.05) is 33.8 Å². The molecular weight excluding hydrogens is 318 g/mol. The quantitative estimate of drug-likeness (QED) is 0.829. The first kappa shape index (κ1) is 16.7. The van der Waals surface area contributed by atoms with E-state index in [2.05, 4.69) is 0 Å². The minimum atomic E-state index is -3.08. The molecule has 7 heteroatoms. The number of likely N-dealkylation sites (tertiary alicyclic amines) is 2. The molecule has 2 heterocycles. The van der Waals surface area contributed by atoms with Gasteiger partial charge in [-0.1, -0.05) is 6.07 Å². The van der Waals surface area contributed by atoms with E-state index in [0.717, 1.165) is 4.90 Å². The number of rotatable bonds is 2. The van der Waals surface area contributed by atoms with Crippen molar-refractivity contribution in [3.63, 3.8) is 0 Å². The van der Waals surface area contributed by atoms with Crippen molar-refractivity contribution < 1.29 is 23.1 Å². The van der Waals surface area contributed by atoms with E-state index in [-0.39, 0.29) is 18.0 Å². The van der Waals surface area contributed by atoms with E-state index in [4.69, 9.17) is 4.74 Å². The normalized spacial score (nSPS) is 26.1. The predicted molar refractivity (Wildman–Crippen MR) is 83.1 cm³/mol. The topological polar surface area (TPSA) is 49.9 Å². The van der Waals surface area contributed by atoms with Gasteiger partial charge in [0.25, 0.3) is 11.8 Å². The lowest BCUT2D eigenvalue weighted by Gasteiger charge is -2.42. The average molecular weight is 338 g/mol. The fourth-order valence-corrected chi connectivity index (χ4v) is 3.70. The second-order valence-electron chi connectivity index (χ2n) is 6.68. The predicted octanol–water partition coefficient (Wildman–Crippen LogP) is 2.02. The Morgan fingerprint density at radius 3 is 2.67 bits per heavy atom. The number of ether oxygens (including phenoxy) is 1. The maximum atomic E-state index is 14.3. The maximum Gasteiger partial charge on any atom is 0.266 e. The molecule has 2 amide bonds. The Kier molecular flexibility index (Phi) is 3.97. The monoisotopic (exact) mass is 338 g/mol. The Labute approximate surface area is 139 Å². The van der Waals surface area contributed by atoms with Crippen molar-refractivity contribution in [2.24, 2.45) is 5.41 Å². The number of hydrogen-bond donors (Lipinski definition) is 0. The number of alkyl halides is 2. The molecule has 0 aliphatic carbocycles. The molecule has 0 bridgehead atoms. The molecule has 1 atom stereocenters. The molecule has 0 saturated carbocycles.